The molecule has 2 aliphatic rings. The normalized spacial score (nSPS) is 20.6. The first kappa shape index (κ1) is 15.2. The monoisotopic (exact) mass is 321 g/mol. The summed E-state index contributed by atoms with van der Waals surface area (Å²) in [6.45, 7) is 4.19. The van der Waals surface area contributed by atoms with Gasteiger partial charge in [0.2, 0.25) is 5.91 Å². The van der Waals surface area contributed by atoms with Crippen LogP contribution in [0.1, 0.15) is 11.1 Å². The van der Waals surface area contributed by atoms with E-state index in [0.29, 0.717) is 0 Å². The van der Waals surface area contributed by atoms with E-state index in [9.17, 15) is 4.79 Å². The fourth-order valence-corrected chi connectivity index (χ4v) is 3.67. The predicted octanol–water partition coefficient (Wildman–Crippen LogP) is 2.05. The highest BCUT2D eigenvalue weighted by Crippen LogP contribution is 2.19. The molecule has 0 aliphatic carbocycles. The van der Waals surface area contributed by atoms with Crippen LogP contribution in [0.4, 0.5) is 5.69 Å². The van der Waals surface area contributed by atoms with Gasteiger partial charge in [0, 0.05) is 38.4 Å². The van der Waals surface area contributed by atoms with Crippen LogP contribution >= 0.6 is 0 Å². The molecular weight excluding hydrogens is 298 g/mol. The van der Waals surface area contributed by atoms with E-state index >= 15 is 0 Å². The highest BCUT2D eigenvalue weighted by atomic mass is 16.2. The number of nitrogens with one attached hydrogen (secondary N) is 1. The van der Waals surface area contributed by atoms with Gasteiger partial charge >= 0.3 is 0 Å². The van der Waals surface area contributed by atoms with Gasteiger partial charge in [0.05, 0.1) is 6.04 Å². The summed E-state index contributed by atoms with van der Waals surface area (Å²) in [5.74, 6) is 0.247. The zero-order chi connectivity index (χ0) is 16.4. The van der Waals surface area contributed by atoms with Crippen molar-refractivity contribution in [3.8, 4) is 0 Å². The van der Waals surface area contributed by atoms with Gasteiger partial charge in [-0.3, -0.25) is 4.79 Å². The number of fused-ring (bicyclic) bond motifs is 1. The molecular formula is C20H23N3O. The van der Waals surface area contributed by atoms with Crippen molar-refractivity contribution in [2.75, 3.05) is 31.1 Å². The molecule has 4 rings (SSSR count). The zero-order valence-corrected chi connectivity index (χ0v) is 13.8. The molecule has 4 heteroatoms. The minimum Gasteiger partial charge on any atom is -0.368 e. The predicted molar refractivity (Wildman–Crippen MR) is 96.0 cm³/mol. The molecule has 1 N–H and O–H groups in total. The Balaban J connectivity index is 1.37. The van der Waals surface area contributed by atoms with Crippen LogP contribution in [0.15, 0.2) is 54.6 Å². The van der Waals surface area contributed by atoms with Gasteiger partial charge in [0.1, 0.15) is 0 Å². The highest BCUT2D eigenvalue weighted by molar-refractivity contribution is 5.83. The standard InChI is InChI=1S/C20H23N3O/c24-20(19-14-16-6-4-5-7-17(16)15-21-19)23-12-10-22(11-13-23)18-8-2-1-3-9-18/h1-9,19,21H,10-15H2. The van der Waals surface area contributed by atoms with Crippen molar-refractivity contribution < 1.29 is 4.79 Å². The number of amides is 1. The van der Waals surface area contributed by atoms with Gasteiger partial charge < -0.3 is 15.1 Å². The number of nitrogens with zero attached hydrogens (tertiary/aromatic N) is 2. The van der Waals surface area contributed by atoms with E-state index < -0.39 is 0 Å². The maximum atomic E-state index is 12.9. The van der Waals surface area contributed by atoms with Crippen molar-refractivity contribution in [2.45, 2.75) is 19.0 Å². The summed E-state index contributed by atoms with van der Waals surface area (Å²) in [5, 5.41) is 3.41. The van der Waals surface area contributed by atoms with Crippen LogP contribution in [0.25, 0.3) is 0 Å². The molecule has 1 unspecified atom stereocenters. The Hall–Kier alpha value is -2.33. The van der Waals surface area contributed by atoms with E-state index in [4.69, 9.17) is 0 Å². The summed E-state index contributed by atoms with van der Waals surface area (Å²) in [6.07, 6.45) is 0.800. The number of benzene rings is 2. The first-order chi connectivity index (χ1) is 11.8. The Kier molecular flexibility index (Phi) is 4.22. The summed E-state index contributed by atoms with van der Waals surface area (Å²) >= 11 is 0. The lowest BCUT2D eigenvalue weighted by molar-refractivity contribution is -0.133. The lowest BCUT2D eigenvalue weighted by Crippen LogP contribution is -2.55. The van der Waals surface area contributed by atoms with Gasteiger partial charge in [0.25, 0.3) is 0 Å². The molecule has 0 saturated carbocycles. The summed E-state index contributed by atoms with van der Waals surface area (Å²) in [5.41, 5.74) is 3.86. The maximum Gasteiger partial charge on any atom is 0.240 e. The van der Waals surface area contributed by atoms with Crippen molar-refractivity contribution in [2.24, 2.45) is 0 Å². The van der Waals surface area contributed by atoms with Gasteiger partial charge in [-0.2, -0.15) is 0 Å². The highest BCUT2D eigenvalue weighted by Gasteiger charge is 2.29. The van der Waals surface area contributed by atoms with Gasteiger partial charge in [-0.25, -0.2) is 0 Å². The Labute approximate surface area is 143 Å². The summed E-state index contributed by atoms with van der Waals surface area (Å²) < 4.78 is 0. The first-order valence-electron chi connectivity index (χ1n) is 8.70. The van der Waals surface area contributed by atoms with E-state index in [1.165, 1.54) is 16.8 Å². The number of hydrogen-bond acceptors (Lipinski definition) is 3. The minimum absolute atomic E-state index is 0.0804. The van der Waals surface area contributed by atoms with Crippen molar-refractivity contribution >= 4 is 11.6 Å². The van der Waals surface area contributed by atoms with Gasteiger partial charge in [-0.05, 0) is 29.7 Å². The number of para-hydroxylation sites is 1. The number of carbonyl (C=O) groups is 1. The molecule has 24 heavy (non-hydrogen) atoms. The van der Waals surface area contributed by atoms with Gasteiger partial charge in [0.15, 0.2) is 0 Å². The van der Waals surface area contributed by atoms with Crippen LogP contribution in [0.5, 0.6) is 0 Å². The average molecular weight is 321 g/mol. The molecule has 2 aliphatic heterocycles. The number of hydrogen-bond donors (Lipinski definition) is 1. The van der Waals surface area contributed by atoms with E-state index in [1.54, 1.807) is 0 Å². The molecule has 2 aromatic rings. The van der Waals surface area contributed by atoms with Crippen LogP contribution in [0.3, 0.4) is 0 Å². The molecule has 2 heterocycles. The van der Waals surface area contributed by atoms with Crippen molar-refractivity contribution in [3.05, 3.63) is 65.7 Å². The van der Waals surface area contributed by atoms with Gasteiger partial charge in [-0.15, -0.1) is 0 Å². The fraction of sp³-hybridized carbons (Fsp3) is 0.350. The SMILES string of the molecule is O=C(C1Cc2ccccc2CN1)N1CCN(c2ccccc2)CC1. The second-order valence-corrected chi connectivity index (χ2v) is 6.55. The summed E-state index contributed by atoms with van der Waals surface area (Å²) in [4.78, 5) is 17.2. The maximum absolute atomic E-state index is 12.9. The minimum atomic E-state index is -0.0804. The second kappa shape index (κ2) is 6.65. The molecule has 124 valence electrons. The lowest BCUT2D eigenvalue weighted by atomic mass is 9.95. The summed E-state index contributed by atoms with van der Waals surface area (Å²) in [6, 6.07) is 18.8. The molecule has 1 fully saturated rings. The molecule has 0 aromatic heterocycles. The number of rotatable bonds is 2. The molecule has 1 atom stereocenters. The summed E-state index contributed by atoms with van der Waals surface area (Å²) in [7, 11) is 0. The number of carbonyl (C=O) groups excluding carboxylic acids is 1. The third kappa shape index (κ3) is 3.02. The molecule has 2 aromatic carbocycles. The number of piperazine rings is 1. The van der Waals surface area contributed by atoms with Crippen LogP contribution in [0.2, 0.25) is 0 Å². The van der Waals surface area contributed by atoms with E-state index in [2.05, 4.69) is 58.7 Å². The van der Waals surface area contributed by atoms with Crippen LogP contribution in [0, 0.1) is 0 Å². The lowest BCUT2D eigenvalue weighted by Gasteiger charge is -2.38. The first-order valence-corrected chi connectivity index (χ1v) is 8.70. The quantitative estimate of drug-likeness (QED) is 0.919. The van der Waals surface area contributed by atoms with Crippen molar-refractivity contribution in [1.29, 1.82) is 0 Å². The number of anilines is 1. The van der Waals surface area contributed by atoms with Crippen LogP contribution in [-0.2, 0) is 17.8 Å². The average Bonchev–Trinajstić information content (AvgIpc) is 2.68. The third-order valence-electron chi connectivity index (χ3n) is 5.09. The van der Waals surface area contributed by atoms with Gasteiger partial charge in [-0.1, -0.05) is 42.5 Å². The van der Waals surface area contributed by atoms with Crippen molar-refractivity contribution in [3.63, 3.8) is 0 Å². The topological polar surface area (TPSA) is 35.6 Å². The molecule has 0 bridgehead atoms. The van der Waals surface area contributed by atoms with Crippen LogP contribution in [-0.4, -0.2) is 43.0 Å². The molecule has 0 radical (unpaired) electrons. The van der Waals surface area contributed by atoms with E-state index in [1.807, 2.05) is 11.0 Å². The van der Waals surface area contributed by atoms with Crippen LogP contribution < -0.4 is 10.2 Å². The second-order valence-electron chi connectivity index (χ2n) is 6.55. The molecule has 0 spiro atoms. The van der Waals surface area contributed by atoms with Crippen molar-refractivity contribution in [1.82, 2.24) is 10.2 Å². The molecule has 1 saturated heterocycles. The molecule has 4 nitrogen and oxygen atoms in total. The Morgan fingerprint density at radius 1 is 0.875 bits per heavy atom. The zero-order valence-electron chi connectivity index (χ0n) is 13.8. The Morgan fingerprint density at radius 3 is 2.29 bits per heavy atom. The third-order valence-corrected chi connectivity index (χ3v) is 5.09. The smallest absolute Gasteiger partial charge is 0.240 e. The Morgan fingerprint density at radius 2 is 1.54 bits per heavy atom. The largest absolute Gasteiger partial charge is 0.368 e. The van der Waals surface area contributed by atoms with E-state index in [0.717, 1.165) is 39.1 Å². The molecule has 1 amide bonds. The van der Waals surface area contributed by atoms with E-state index in [-0.39, 0.29) is 11.9 Å². The Bertz CT molecular complexity index is 708. The fourth-order valence-electron chi connectivity index (χ4n) is 3.67.